The average molecular weight is 187 g/mol. The molecule has 0 atom stereocenters. The Morgan fingerprint density at radius 2 is 2.36 bits per heavy atom. The summed E-state index contributed by atoms with van der Waals surface area (Å²) in [5, 5.41) is 18.9. The van der Waals surface area contributed by atoms with Crippen LogP contribution in [0.4, 0.5) is 0 Å². The van der Waals surface area contributed by atoms with E-state index >= 15 is 0 Å². The predicted octanol–water partition coefficient (Wildman–Crippen LogP) is 1.82. The van der Waals surface area contributed by atoms with Gasteiger partial charge < -0.3 is 5.32 Å². The van der Waals surface area contributed by atoms with Crippen molar-refractivity contribution in [3.8, 4) is 6.07 Å². The molecule has 1 aromatic carbocycles. The quantitative estimate of drug-likeness (QED) is 0.431. The Kier molecular flexibility index (Phi) is 3.69. The zero-order valence-electron chi connectivity index (χ0n) is 8.17. The highest BCUT2D eigenvalue weighted by molar-refractivity contribution is 5.96. The van der Waals surface area contributed by atoms with Crippen LogP contribution in [0.2, 0.25) is 0 Å². The second kappa shape index (κ2) is 5.03. The molecule has 0 bridgehead atoms. The zero-order valence-corrected chi connectivity index (χ0v) is 8.17. The third-order valence-corrected chi connectivity index (χ3v) is 1.85. The minimum Gasteiger partial charge on any atom is -0.369 e. The lowest BCUT2D eigenvalue weighted by atomic mass is 10.1. The van der Waals surface area contributed by atoms with E-state index < -0.39 is 0 Å². The van der Waals surface area contributed by atoms with Crippen LogP contribution in [-0.2, 0) is 0 Å². The number of amidine groups is 1. The summed E-state index contributed by atoms with van der Waals surface area (Å²) in [4.78, 5) is 0. The van der Waals surface area contributed by atoms with Crippen molar-refractivity contribution in [1.29, 1.82) is 10.7 Å². The maximum atomic E-state index is 8.33. The number of hydrogen-bond donors (Lipinski definition) is 2. The van der Waals surface area contributed by atoms with E-state index in [1.54, 1.807) is 0 Å². The molecule has 0 fully saturated rings. The maximum absolute atomic E-state index is 8.33. The van der Waals surface area contributed by atoms with Gasteiger partial charge in [0.05, 0.1) is 12.5 Å². The van der Waals surface area contributed by atoms with Crippen LogP contribution >= 0.6 is 0 Å². The molecular formula is C11H13N3. The first kappa shape index (κ1) is 10.3. The molecule has 0 aliphatic carbocycles. The molecule has 0 radical (unpaired) electrons. The van der Waals surface area contributed by atoms with Crippen molar-refractivity contribution in [3.63, 3.8) is 0 Å². The minimum absolute atomic E-state index is 0.379. The van der Waals surface area contributed by atoms with E-state index in [0.29, 0.717) is 18.8 Å². The molecule has 0 unspecified atom stereocenters. The summed E-state index contributed by atoms with van der Waals surface area (Å²) in [6.45, 7) is 2.52. The fourth-order valence-electron chi connectivity index (χ4n) is 1.15. The SMILES string of the molecule is Cc1cccc(C(=N)NCCC#N)c1. The van der Waals surface area contributed by atoms with Crippen molar-refractivity contribution in [2.75, 3.05) is 6.54 Å². The molecule has 14 heavy (non-hydrogen) atoms. The molecule has 3 heteroatoms. The fourth-order valence-corrected chi connectivity index (χ4v) is 1.15. The van der Waals surface area contributed by atoms with Gasteiger partial charge >= 0.3 is 0 Å². The summed E-state index contributed by atoms with van der Waals surface area (Å²) in [6.07, 6.45) is 0.425. The van der Waals surface area contributed by atoms with Crippen molar-refractivity contribution in [2.45, 2.75) is 13.3 Å². The van der Waals surface area contributed by atoms with E-state index in [9.17, 15) is 0 Å². The zero-order chi connectivity index (χ0) is 10.4. The number of nitriles is 1. The predicted molar refractivity (Wildman–Crippen MR) is 56.2 cm³/mol. The van der Waals surface area contributed by atoms with Gasteiger partial charge in [0.25, 0.3) is 0 Å². The largest absolute Gasteiger partial charge is 0.369 e. The van der Waals surface area contributed by atoms with Crippen LogP contribution in [0.15, 0.2) is 24.3 Å². The van der Waals surface area contributed by atoms with Gasteiger partial charge in [-0.3, -0.25) is 5.41 Å². The molecule has 0 aliphatic heterocycles. The number of hydrogen-bond acceptors (Lipinski definition) is 2. The number of rotatable bonds is 3. The lowest BCUT2D eigenvalue weighted by Gasteiger charge is -2.06. The number of nitrogens with zero attached hydrogens (tertiary/aromatic N) is 1. The highest BCUT2D eigenvalue weighted by Crippen LogP contribution is 2.03. The molecule has 0 spiro atoms. The molecule has 0 heterocycles. The van der Waals surface area contributed by atoms with Gasteiger partial charge in [0.1, 0.15) is 5.84 Å². The van der Waals surface area contributed by atoms with Crippen LogP contribution in [-0.4, -0.2) is 12.4 Å². The second-order valence-corrected chi connectivity index (χ2v) is 3.08. The lowest BCUT2D eigenvalue weighted by Crippen LogP contribution is -2.24. The number of benzene rings is 1. The topological polar surface area (TPSA) is 59.7 Å². The molecule has 0 saturated carbocycles. The van der Waals surface area contributed by atoms with Crippen LogP contribution in [0.1, 0.15) is 17.5 Å². The monoisotopic (exact) mass is 187 g/mol. The van der Waals surface area contributed by atoms with E-state index in [1.807, 2.05) is 37.3 Å². The van der Waals surface area contributed by atoms with Gasteiger partial charge in [-0.2, -0.15) is 5.26 Å². The Balaban J connectivity index is 2.57. The van der Waals surface area contributed by atoms with Crippen molar-refractivity contribution in [2.24, 2.45) is 0 Å². The summed E-state index contributed by atoms with van der Waals surface area (Å²) in [5.41, 5.74) is 2.00. The van der Waals surface area contributed by atoms with Gasteiger partial charge in [-0.15, -0.1) is 0 Å². The molecule has 0 saturated heterocycles. The maximum Gasteiger partial charge on any atom is 0.125 e. The Morgan fingerprint density at radius 1 is 1.57 bits per heavy atom. The Labute approximate surface area is 83.9 Å². The molecule has 0 aliphatic rings. The van der Waals surface area contributed by atoms with Crippen molar-refractivity contribution >= 4 is 5.84 Å². The van der Waals surface area contributed by atoms with Crippen LogP contribution in [0.25, 0.3) is 0 Å². The normalized spacial score (nSPS) is 9.14. The van der Waals surface area contributed by atoms with Crippen LogP contribution in [0, 0.1) is 23.7 Å². The van der Waals surface area contributed by atoms with Crippen LogP contribution in [0.3, 0.4) is 0 Å². The van der Waals surface area contributed by atoms with E-state index in [0.717, 1.165) is 11.1 Å². The average Bonchev–Trinajstić information content (AvgIpc) is 2.18. The Morgan fingerprint density at radius 3 is 3.00 bits per heavy atom. The van der Waals surface area contributed by atoms with Gasteiger partial charge in [0.2, 0.25) is 0 Å². The first-order chi connectivity index (χ1) is 6.74. The summed E-state index contributed by atoms with van der Waals surface area (Å²) in [5.74, 6) is 0.379. The van der Waals surface area contributed by atoms with E-state index in [-0.39, 0.29) is 0 Å². The highest BCUT2D eigenvalue weighted by Gasteiger charge is 1.99. The highest BCUT2D eigenvalue weighted by atomic mass is 14.9. The van der Waals surface area contributed by atoms with Gasteiger partial charge in [0, 0.05) is 12.1 Å². The summed E-state index contributed by atoms with van der Waals surface area (Å²) >= 11 is 0. The van der Waals surface area contributed by atoms with Gasteiger partial charge in [-0.1, -0.05) is 23.8 Å². The van der Waals surface area contributed by atoms with E-state index in [2.05, 4.69) is 5.32 Å². The Hall–Kier alpha value is -1.82. The molecule has 1 aromatic rings. The number of aryl methyl sites for hydroxylation is 1. The summed E-state index contributed by atoms with van der Waals surface area (Å²) in [7, 11) is 0. The van der Waals surface area contributed by atoms with Crippen LogP contribution in [0.5, 0.6) is 0 Å². The standard InChI is InChI=1S/C11H13N3/c1-9-4-2-5-10(8-9)11(13)14-7-3-6-12/h2,4-5,8H,3,7H2,1H3,(H2,13,14). The third kappa shape index (κ3) is 2.91. The lowest BCUT2D eigenvalue weighted by molar-refractivity contribution is 0.891. The summed E-state index contributed by atoms with van der Waals surface area (Å²) in [6, 6.07) is 9.77. The van der Waals surface area contributed by atoms with Crippen molar-refractivity contribution in [1.82, 2.24) is 5.32 Å². The summed E-state index contributed by atoms with van der Waals surface area (Å²) < 4.78 is 0. The van der Waals surface area contributed by atoms with Crippen molar-refractivity contribution in [3.05, 3.63) is 35.4 Å². The van der Waals surface area contributed by atoms with Crippen LogP contribution < -0.4 is 5.32 Å². The minimum atomic E-state index is 0.379. The van der Waals surface area contributed by atoms with Crippen molar-refractivity contribution < 1.29 is 0 Å². The molecule has 2 N–H and O–H groups in total. The van der Waals surface area contributed by atoms with E-state index in [1.165, 1.54) is 0 Å². The number of nitrogens with one attached hydrogen (secondary N) is 2. The smallest absolute Gasteiger partial charge is 0.125 e. The third-order valence-electron chi connectivity index (χ3n) is 1.85. The first-order valence-corrected chi connectivity index (χ1v) is 4.50. The Bertz CT molecular complexity index is 363. The fraction of sp³-hybridized carbons (Fsp3) is 0.273. The van der Waals surface area contributed by atoms with Gasteiger partial charge in [0.15, 0.2) is 0 Å². The van der Waals surface area contributed by atoms with Gasteiger partial charge in [-0.25, -0.2) is 0 Å². The molecule has 3 nitrogen and oxygen atoms in total. The second-order valence-electron chi connectivity index (χ2n) is 3.08. The molecule has 1 rings (SSSR count). The molecular weight excluding hydrogens is 174 g/mol. The molecule has 72 valence electrons. The molecule has 0 amide bonds. The first-order valence-electron chi connectivity index (χ1n) is 4.50. The van der Waals surface area contributed by atoms with Gasteiger partial charge in [-0.05, 0) is 13.0 Å². The van der Waals surface area contributed by atoms with E-state index in [4.69, 9.17) is 10.7 Å². The molecule has 0 aromatic heterocycles.